The van der Waals surface area contributed by atoms with Gasteiger partial charge in [0.1, 0.15) is 12.1 Å². The highest BCUT2D eigenvalue weighted by molar-refractivity contribution is 7.09. The number of hydrogen-bond donors (Lipinski definition) is 1. The van der Waals surface area contributed by atoms with Crippen LogP contribution in [0.5, 0.6) is 0 Å². The lowest BCUT2D eigenvalue weighted by atomic mass is 9.98. The molecular formula is C12H15N3O3S. The molecule has 0 spiro atoms. The normalized spacial score (nSPS) is 18.4. The molecule has 1 N–H and O–H groups in total. The molecule has 0 aliphatic carbocycles. The molecule has 0 aromatic carbocycles. The van der Waals surface area contributed by atoms with Crippen LogP contribution in [-0.2, 0) is 20.8 Å². The number of amides is 3. The largest absolute Gasteiger partial charge is 0.319 e. The van der Waals surface area contributed by atoms with Crippen LogP contribution in [0.25, 0.3) is 0 Å². The van der Waals surface area contributed by atoms with Gasteiger partial charge >= 0.3 is 0 Å². The summed E-state index contributed by atoms with van der Waals surface area (Å²) in [4.78, 5) is 40.9. The lowest BCUT2D eigenvalue weighted by Gasteiger charge is -2.40. The first-order chi connectivity index (χ1) is 8.80. The summed E-state index contributed by atoms with van der Waals surface area (Å²) in [6.45, 7) is 5.01. The Kier molecular flexibility index (Phi) is 3.40. The minimum atomic E-state index is -1.02. The molecule has 3 amide bonds. The molecule has 6 nitrogen and oxygen atoms in total. The Morgan fingerprint density at radius 2 is 2.21 bits per heavy atom. The maximum absolute atomic E-state index is 12.2. The topological polar surface area (TPSA) is 79.4 Å². The van der Waals surface area contributed by atoms with Crippen LogP contribution in [0.4, 0.5) is 0 Å². The molecule has 0 saturated carbocycles. The molecule has 1 fully saturated rings. The van der Waals surface area contributed by atoms with E-state index in [1.165, 1.54) is 16.2 Å². The zero-order valence-electron chi connectivity index (χ0n) is 11.0. The summed E-state index contributed by atoms with van der Waals surface area (Å²) in [5, 5.41) is 4.93. The molecule has 1 aromatic heterocycles. The fraction of sp³-hybridized carbons (Fsp3) is 0.500. The lowest BCUT2D eigenvalue weighted by Crippen LogP contribution is -2.65. The quantitative estimate of drug-likeness (QED) is 0.789. The lowest BCUT2D eigenvalue weighted by molar-refractivity contribution is -0.155. The highest BCUT2D eigenvalue weighted by Crippen LogP contribution is 2.20. The second-order valence-corrected chi connectivity index (χ2v) is 6.01. The summed E-state index contributed by atoms with van der Waals surface area (Å²) in [7, 11) is 0. The Balaban J connectivity index is 2.17. The van der Waals surface area contributed by atoms with E-state index >= 15 is 0 Å². The SMILES string of the molecule is Cc1nc(CC(=O)N2CC(=O)NC(=O)C2(C)C)cs1. The third-order valence-electron chi connectivity index (χ3n) is 3.09. The van der Waals surface area contributed by atoms with Crippen molar-refractivity contribution in [3.63, 3.8) is 0 Å². The maximum Gasteiger partial charge on any atom is 0.252 e. The van der Waals surface area contributed by atoms with Crippen molar-refractivity contribution >= 4 is 29.1 Å². The molecule has 0 radical (unpaired) electrons. The number of aryl methyl sites for hydroxylation is 1. The van der Waals surface area contributed by atoms with Crippen molar-refractivity contribution in [2.75, 3.05) is 6.54 Å². The molecule has 19 heavy (non-hydrogen) atoms. The zero-order chi connectivity index (χ0) is 14.2. The van der Waals surface area contributed by atoms with E-state index in [0.717, 1.165) is 5.01 Å². The number of nitrogens with one attached hydrogen (secondary N) is 1. The van der Waals surface area contributed by atoms with Gasteiger partial charge in [0.05, 0.1) is 17.1 Å². The van der Waals surface area contributed by atoms with Crippen LogP contribution in [0.3, 0.4) is 0 Å². The highest BCUT2D eigenvalue weighted by Gasteiger charge is 2.43. The van der Waals surface area contributed by atoms with Crippen molar-refractivity contribution in [1.29, 1.82) is 0 Å². The second kappa shape index (κ2) is 4.73. The first kappa shape index (κ1) is 13.7. The Morgan fingerprint density at radius 3 is 2.79 bits per heavy atom. The molecule has 2 heterocycles. The first-order valence-electron chi connectivity index (χ1n) is 5.86. The Morgan fingerprint density at radius 1 is 1.53 bits per heavy atom. The number of hydrogen-bond acceptors (Lipinski definition) is 5. The van der Waals surface area contributed by atoms with Gasteiger partial charge in [0, 0.05) is 5.38 Å². The molecule has 1 aromatic rings. The van der Waals surface area contributed by atoms with E-state index < -0.39 is 17.4 Å². The van der Waals surface area contributed by atoms with Gasteiger partial charge in [0.2, 0.25) is 11.8 Å². The molecular weight excluding hydrogens is 266 g/mol. The van der Waals surface area contributed by atoms with Crippen molar-refractivity contribution < 1.29 is 14.4 Å². The number of carbonyl (C=O) groups is 3. The van der Waals surface area contributed by atoms with Crippen molar-refractivity contribution in [3.05, 3.63) is 16.1 Å². The average Bonchev–Trinajstić information content (AvgIpc) is 2.69. The minimum absolute atomic E-state index is 0.0965. The zero-order valence-corrected chi connectivity index (χ0v) is 11.8. The van der Waals surface area contributed by atoms with Gasteiger partial charge < -0.3 is 4.90 Å². The van der Waals surface area contributed by atoms with Crippen LogP contribution in [0.15, 0.2) is 5.38 Å². The van der Waals surface area contributed by atoms with Crippen molar-refractivity contribution in [2.24, 2.45) is 0 Å². The van der Waals surface area contributed by atoms with Crippen LogP contribution in [0, 0.1) is 6.92 Å². The standard InChI is InChI=1S/C12H15N3O3S/c1-7-13-8(6-19-7)4-10(17)15-5-9(16)14-11(18)12(15,2)3/h6H,4-5H2,1-3H3,(H,14,16,18). The number of rotatable bonds is 2. The number of piperazine rings is 1. The average molecular weight is 281 g/mol. The summed E-state index contributed by atoms with van der Waals surface area (Å²) in [6.07, 6.45) is 0.105. The van der Waals surface area contributed by atoms with Crippen LogP contribution in [0.1, 0.15) is 24.5 Å². The summed E-state index contributed by atoms with van der Waals surface area (Å²) < 4.78 is 0. The molecule has 0 bridgehead atoms. The molecule has 102 valence electrons. The molecule has 1 saturated heterocycles. The van der Waals surface area contributed by atoms with Gasteiger partial charge in [0.25, 0.3) is 5.91 Å². The van der Waals surface area contributed by atoms with Gasteiger partial charge in [0.15, 0.2) is 0 Å². The van der Waals surface area contributed by atoms with Gasteiger partial charge in [-0.25, -0.2) is 4.98 Å². The molecule has 0 unspecified atom stereocenters. The molecule has 0 atom stereocenters. The van der Waals surface area contributed by atoms with Crippen LogP contribution in [-0.4, -0.2) is 39.7 Å². The van der Waals surface area contributed by atoms with E-state index in [-0.39, 0.29) is 18.9 Å². The number of carbonyl (C=O) groups excluding carboxylic acids is 3. The van der Waals surface area contributed by atoms with E-state index in [1.54, 1.807) is 13.8 Å². The van der Waals surface area contributed by atoms with Crippen molar-refractivity contribution in [1.82, 2.24) is 15.2 Å². The third-order valence-corrected chi connectivity index (χ3v) is 3.91. The summed E-state index contributed by atoms with van der Waals surface area (Å²) in [6, 6.07) is 0. The van der Waals surface area contributed by atoms with Crippen LogP contribution >= 0.6 is 11.3 Å². The molecule has 1 aliphatic rings. The third kappa shape index (κ3) is 2.65. The Labute approximate surface area is 114 Å². The number of thiazole rings is 1. The molecule has 7 heteroatoms. The molecule has 1 aliphatic heterocycles. The summed E-state index contributed by atoms with van der Waals surface area (Å²) in [5.41, 5.74) is -0.350. The van der Waals surface area contributed by atoms with E-state index in [1.807, 2.05) is 12.3 Å². The molecule has 2 rings (SSSR count). The van der Waals surface area contributed by atoms with Gasteiger partial charge in [-0.05, 0) is 20.8 Å². The van der Waals surface area contributed by atoms with Crippen LogP contribution in [0.2, 0.25) is 0 Å². The smallest absolute Gasteiger partial charge is 0.252 e. The van der Waals surface area contributed by atoms with Gasteiger partial charge in [-0.15, -0.1) is 11.3 Å². The maximum atomic E-state index is 12.2. The first-order valence-corrected chi connectivity index (χ1v) is 6.74. The fourth-order valence-corrected chi connectivity index (χ4v) is 2.54. The Bertz CT molecular complexity index is 550. The van der Waals surface area contributed by atoms with Crippen molar-refractivity contribution in [2.45, 2.75) is 32.7 Å². The van der Waals surface area contributed by atoms with E-state index in [4.69, 9.17) is 0 Å². The fourth-order valence-electron chi connectivity index (χ4n) is 1.92. The van der Waals surface area contributed by atoms with E-state index in [9.17, 15) is 14.4 Å². The number of nitrogens with zero attached hydrogens (tertiary/aromatic N) is 2. The minimum Gasteiger partial charge on any atom is -0.319 e. The van der Waals surface area contributed by atoms with Crippen molar-refractivity contribution in [3.8, 4) is 0 Å². The number of imide groups is 1. The Hall–Kier alpha value is -1.76. The number of aromatic nitrogens is 1. The highest BCUT2D eigenvalue weighted by atomic mass is 32.1. The predicted molar refractivity (Wildman–Crippen MR) is 69.5 cm³/mol. The monoisotopic (exact) mass is 281 g/mol. The van der Waals surface area contributed by atoms with Gasteiger partial charge in [-0.2, -0.15) is 0 Å². The van der Waals surface area contributed by atoms with Gasteiger partial charge in [-0.1, -0.05) is 0 Å². The van der Waals surface area contributed by atoms with Gasteiger partial charge in [-0.3, -0.25) is 19.7 Å². The van der Waals surface area contributed by atoms with E-state index in [2.05, 4.69) is 10.3 Å². The predicted octanol–water partition coefficient (Wildman–Crippen LogP) is 0.258. The van der Waals surface area contributed by atoms with Crippen LogP contribution < -0.4 is 5.32 Å². The summed E-state index contributed by atoms with van der Waals surface area (Å²) >= 11 is 1.47. The summed E-state index contributed by atoms with van der Waals surface area (Å²) in [5.74, 6) is -1.17. The second-order valence-electron chi connectivity index (χ2n) is 4.95. The van der Waals surface area contributed by atoms with E-state index in [0.29, 0.717) is 5.69 Å².